The van der Waals surface area contributed by atoms with Gasteiger partial charge in [0.15, 0.2) is 4.96 Å². The second-order valence-corrected chi connectivity index (χ2v) is 6.19. The van der Waals surface area contributed by atoms with Crippen LogP contribution in [-0.4, -0.2) is 14.3 Å². The fourth-order valence-corrected chi connectivity index (χ4v) is 3.59. The first-order valence-electron chi connectivity index (χ1n) is 6.44. The summed E-state index contributed by atoms with van der Waals surface area (Å²) >= 11 is 7.43. The van der Waals surface area contributed by atoms with Crippen molar-refractivity contribution in [3.8, 4) is 11.3 Å². The van der Waals surface area contributed by atoms with Gasteiger partial charge < -0.3 is 0 Å². The first kappa shape index (κ1) is 13.2. The number of hydrogen-bond acceptors (Lipinski definition) is 4. The van der Waals surface area contributed by atoms with Gasteiger partial charge in [0, 0.05) is 17.8 Å². The van der Waals surface area contributed by atoms with Gasteiger partial charge in [-0.3, -0.25) is 14.5 Å². The van der Waals surface area contributed by atoms with E-state index in [-0.39, 0.29) is 10.7 Å². The molecule has 0 fully saturated rings. The molecule has 0 spiro atoms. The normalized spacial score (nSPS) is 11.3. The van der Waals surface area contributed by atoms with E-state index in [1.165, 1.54) is 12.1 Å². The summed E-state index contributed by atoms with van der Waals surface area (Å²) in [7, 11) is 0. The van der Waals surface area contributed by atoms with E-state index in [9.17, 15) is 10.1 Å². The monoisotopic (exact) mass is 329 g/mol. The van der Waals surface area contributed by atoms with Crippen LogP contribution in [0.2, 0.25) is 5.02 Å². The fraction of sp³-hybridized carbons (Fsp3) is 0. The van der Waals surface area contributed by atoms with E-state index in [2.05, 4.69) is 4.98 Å². The largest absolute Gasteiger partial charge is 0.290 e. The summed E-state index contributed by atoms with van der Waals surface area (Å²) in [5, 5.41) is 11.1. The minimum absolute atomic E-state index is 0.111. The number of imidazole rings is 1. The van der Waals surface area contributed by atoms with Gasteiger partial charge in [0.1, 0.15) is 5.02 Å². The van der Waals surface area contributed by atoms with Crippen LogP contribution in [0.1, 0.15) is 0 Å². The summed E-state index contributed by atoms with van der Waals surface area (Å²) in [6, 6.07) is 12.8. The number of benzene rings is 2. The highest BCUT2D eigenvalue weighted by molar-refractivity contribution is 7.23. The Balaban J connectivity index is 1.91. The van der Waals surface area contributed by atoms with E-state index in [0.29, 0.717) is 11.3 Å². The third-order valence-electron chi connectivity index (χ3n) is 3.44. The van der Waals surface area contributed by atoms with Crippen molar-refractivity contribution < 1.29 is 4.92 Å². The Morgan fingerprint density at radius 1 is 1.23 bits per heavy atom. The molecule has 0 radical (unpaired) electrons. The van der Waals surface area contributed by atoms with Crippen molar-refractivity contribution in [2.24, 2.45) is 0 Å². The van der Waals surface area contributed by atoms with Crippen LogP contribution in [0.5, 0.6) is 0 Å². The van der Waals surface area contributed by atoms with Gasteiger partial charge in [-0.15, -0.1) is 0 Å². The molecule has 0 aliphatic carbocycles. The second-order valence-electron chi connectivity index (χ2n) is 4.77. The second kappa shape index (κ2) is 4.79. The molecule has 0 N–H and O–H groups in total. The topological polar surface area (TPSA) is 60.4 Å². The number of nitro groups is 1. The zero-order chi connectivity index (χ0) is 15.3. The van der Waals surface area contributed by atoms with Crippen molar-refractivity contribution in [3.05, 3.63) is 63.8 Å². The molecule has 0 bridgehead atoms. The molecule has 4 aromatic rings. The Morgan fingerprint density at radius 2 is 2.05 bits per heavy atom. The zero-order valence-corrected chi connectivity index (χ0v) is 12.6. The predicted molar refractivity (Wildman–Crippen MR) is 87.7 cm³/mol. The molecule has 0 aliphatic heterocycles. The van der Waals surface area contributed by atoms with E-state index in [4.69, 9.17) is 11.6 Å². The standard InChI is InChI=1S/C15H8ClN3O2S/c16-10-6-5-9(7-13(10)19(20)21)11-8-18-12-3-1-2-4-14(12)22-15(18)17-11/h1-8H. The van der Waals surface area contributed by atoms with Gasteiger partial charge in [-0.05, 0) is 18.2 Å². The van der Waals surface area contributed by atoms with Crippen molar-refractivity contribution in [2.45, 2.75) is 0 Å². The van der Waals surface area contributed by atoms with Crippen LogP contribution in [0, 0.1) is 10.1 Å². The van der Waals surface area contributed by atoms with Gasteiger partial charge in [-0.25, -0.2) is 4.98 Å². The average Bonchev–Trinajstić information content (AvgIpc) is 3.05. The molecule has 4 rings (SSSR count). The maximum atomic E-state index is 11.0. The van der Waals surface area contributed by atoms with Gasteiger partial charge in [0.2, 0.25) is 0 Å². The highest BCUT2D eigenvalue weighted by Gasteiger charge is 2.16. The first-order chi connectivity index (χ1) is 10.6. The number of nitro benzene ring substituents is 1. The first-order valence-corrected chi connectivity index (χ1v) is 7.64. The summed E-state index contributed by atoms with van der Waals surface area (Å²) in [5.74, 6) is 0. The lowest BCUT2D eigenvalue weighted by atomic mass is 10.1. The fourth-order valence-electron chi connectivity index (χ4n) is 2.40. The van der Waals surface area contributed by atoms with E-state index >= 15 is 0 Å². The number of nitrogens with zero attached hydrogens (tertiary/aromatic N) is 3. The van der Waals surface area contributed by atoms with E-state index < -0.39 is 4.92 Å². The van der Waals surface area contributed by atoms with E-state index in [1.54, 1.807) is 17.4 Å². The molecule has 22 heavy (non-hydrogen) atoms. The minimum atomic E-state index is -0.486. The van der Waals surface area contributed by atoms with Crippen LogP contribution in [0.15, 0.2) is 48.7 Å². The van der Waals surface area contributed by atoms with Crippen molar-refractivity contribution in [2.75, 3.05) is 0 Å². The van der Waals surface area contributed by atoms with E-state index in [1.807, 2.05) is 34.9 Å². The molecule has 0 saturated heterocycles. The Kier molecular flexibility index (Phi) is 2.88. The smallest absolute Gasteiger partial charge is 0.288 e. The summed E-state index contributed by atoms with van der Waals surface area (Å²) < 4.78 is 3.15. The third-order valence-corrected chi connectivity index (χ3v) is 4.79. The maximum absolute atomic E-state index is 11.0. The number of aromatic nitrogens is 2. The van der Waals surface area contributed by atoms with Crippen LogP contribution < -0.4 is 0 Å². The Morgan fingerprint density at radius 3 is 2.86 bits per heavy atom. The SMILES string of the molecule is O=[N+]([O-])c1cc(-c2cn3c(n2)sc2ccccc23)ccc1Cl. The molecule has 0 saturated carbocycles. The molecule has 0 unspecified atom stereocenters. The zero-order valence-electron chi connectivity index (χ0n) is 11.1. The highest BCUT2D eigenvalue weighted by Crippen LogP contribution is 2.32. The molecular formula is C15H8ClN3O2S. The van der Waals surface area contributed by atoms with E-state index in [0.717, 1.165) is 15.2 Å². The summed E-state index contributed by atoms with van der Waals surface area (Å²) in [6.45, 7) is 0. The molecule has 0 aliphatic rings. The van der Waals surface area contributed by atoms with Gasteiger partial charge >= 0.3 is 0 Å². The molecule has 2 heterocycles. The predicted octanol–water partition coefficient (Wildman–Crippen LogP) is 4.78. The van der Waals surface area contributed by atoms with Crippen molar-refractivity contribution in [1.29, 1.82) is 0 Å². The van der Waals surface area contributed by atoms with Gasteiger partial charge in [-0.2, -0.15) is 0 Å². The minimum Gasteiger partial charge on any atom is -0.290 e. The van der Waals surface area contributed by atoms with Gasteiger partial charge in [0.05, 0.1) is 20.8 Å². The molecule has 0 amide bonds. The molecule has 5 nitrogen and oxygen atoms in total. The lowest BCUT2D eigenvalue weighted by molar-refractivity contribution is -0.384. The summed E-state index contributed by atoms with van der Waals surface area (Å²) in [5.41, 5.74) is 2.33. The molecule has 2 aromatic carbocycles. The number of hydrogen-bond donors (Lipinski definition) is 0. The lowest BCUT2D eigenvalue weighted by Gasteiger charge is -1.99. The maximum Gasteiger partial charge on any atom is 0.288 e. The van der Waals surface area contributed by atoms with Crippen molar-refractivity contribution in [1.82, 2.24) is 9.38 Å². The number of halogens is 1. The molecule has 7 heteroatoms. The highest BCUT2D eigenvalue weighted by atomic mass is 35.5. The molecule has 2 aromatic heterocycles. The van der Waals surface area contributed by atoms with Crippen molar-refractivity contribution >= 4 is 43.8 Å². The van der Waals surface area contributed by atoms with Crippen LogP contribution in [0.4, 0.5) is 5.69 Å². The Hall–Kier alpha value is -2.44. The van der Waals surface area contributed by atoms with Crippen LogP contribution in [0.25, 0.3) is 26.4 Å². The number of rotatable bonds is 2. The quantitative estimate of drug-likeness (QED) is 0.393. The number of para-hydroxylation sites is 1. The summed E-state index contributed by atoms with van der Waals surface area (Å²) in [6.07, 6.45) is 1.89. The number of fused-ring (bicyclic) bond motifs is 3. The van der Waals surface area contributed by atoms with Crippen LogP contribution >= 0.6 is 22.9 Å². The Bertz CT molecular complexity index is 1040. The van der Waals surface area contributed by atoms with Crippen LogP contribution in [-0.2, 0) is 0 Å². The van der Waals surface area contributed by atoms with Gasteiger partial charge in [-0.1, -0.05) is 41.1 Å². The Labute approximate surface area is 133 Å². The van der Waals surface area contributed by atoms with Crippen LogP contribution in [0.3, 0.4) is 0 Å². The lowest BCUT2D eigenvalue weighted by Crippen LogP contribution is -1.90. The van der Waals surface area contributed by atoms with Gasteiger partial charge in [0.25, 0.3) is 5.69 Å². The summed E-state index contributed by atoms with van der Waals surface area (Å²) in [4.78, 5) is 15.9. The number of thiazole rings is 1. The average molecular weight is 330 g/mol. The van der Waals surface area contributed by atoms with Crippen molar-refractivity contribution in [3.63, 3.8) is 0 Å². The molecular weight excluding hydrogens is 322 g/mol. The molecule has 0 atom stereocenters. The third kappa shape index (κ3) is 1.96. The molecule has 108 valence electrons.